The minimum absolute atomic E-state index is 0.238. The standard InChI is InChI=1S/C22H15ClN4O3/c23-17-7-15-19(8-20(17)26-10-13-3-1-6-25-18(13)12-26)27(14-4-2-5-24-9-14)11-16(21(15)28)22(29)30/h1-9,11H,10,12H2,(H,29,30). The van der Waals surface area contributed by atoms with Crippen molar-refractivity contribution >= 4 is 34.2 Å². The Morgan fingerprint density at radius 2 is 1.97 bits per heavy atom. The number of carboxylic acids is 1. The van der Waals surface area contributed by atoms with Gasteiger partial charge in [-0.3, -0.25) is 14.8 Å². The van der Waals surface area contributed by atoms with Gasteiger partial charge in [-0.25, -0.2) is 4.79 Å². The molecule has 0 amide bonds. The quantitative estimate of drug-likeness (QED) is 0.546. The molecule has 148 valence electrons. The first kappa shape index (κ1) is 18.3. The van der Waals surface area contributed by atoms with E-state index in [0.717, 1.165) is 16.9 Å². The Balaban J connectivity index is 1.75. The number of rotatable bonds is 3. The van der Waals surface area contributed by atoms with Gasteiger partial charge in [-0.05, 0) is 35.9 Å². The van der Waals surface area contributed by atoms with Crippen LogP contribution in [0.15, 0.2) is 66.0 Å². The molecule has 0 saturated carbocycles. The number of halogens is 1. The molecule has 0 unspecified atom stereocenters. The van der Waals surface area contributed by atoms with E-state index in [1.54, 1.807) is 41.4 Å². The molecule has 0 aliphatic carbocycles. The minimum atomic E-state index is -1.29. The van der Waals surface area contributed by atoms with Crippen LogP contribution >= 0.6 is 11.6 Å². The summed E-state index contributed by atoms with van der Waals surface area (Å²) < 4.78 is 1.66. The van der Waals surface area contributed by atoms with Gasteiger partial charge in [-0.2, -0.15) is 0 Å². The normalized spacial score (nSPS) is 12.9. The van der Waals surface area contributed by atoms with Crippen LogP contribution in [0, 0.1) is 0 Å². The molecule has 3 aromatic heterocycles. The summed E-state index contributed by atoms with van der Waals surface area (Å²) in [6, 6.07) is 10.8. The van der Waals surface area contributed by atoms with Crippen LogP contribution in [0.2, 0.25) is 5.02 Å². The highest BCUT2D eigenvalue weighted by atomic mass is 35.5. The topological polar surface area (TPSA) is 88.3 Å². The number of anilines is 1. The second-order valence-corrected chi connectivity index (χ2v) is 7.45. The predicted octanol–water partition coefficient (Wildman–Crippen LogP) is 3.65. The molecule has 7 nitrogen and oxygen atoms in total. The van der Waals surface area contributed by atoms with Crippen molar-refractivity contribution in [2.24, 2.45) is 0 Å². The molecule has 1 aromatic carbocycles. The van der Waals surface area contributed by atoms with Crippen molar-refractivity contribution in [1.29, 1.82) is 0 Å². The zero-order valence-electron chi connectivity index (χ0n) is 15.6. The average Bonchev–Trinajstić information content (AvgIpc) is 3.18. The van der Waals surface area contributed by atoms with Crippen molar-refractivity contribution in [2.75, 3.05) is 4.90 Å². The van der Waals surface area contributed by atoms with Crippen LogP contribution in [0.25, 0.3) is 16.6 Å². The monoisotopic (exact) mass is 418 g/mol. The maximum atomic E-state index is 12.8. The third kappa shape index (κ3) is 2.91. The summed E-state index contributed by atoms with van der Waals surface area (Å²) in [5.41, 5.74) is 3.16. The molecule has 0 radical (unpaired) electrons. The second-order valence-electron chi connectivity index (χ2n) is 7.04. The highest BCUT2D eigenvalue weighted by Gasteiger charge is 2.24. The number of carbonyl (C=O) groups is 1. The number of aromatic carboxylic acids is 1. The highest BCUT2D eigenvalue weighted by Crippen LogP contribution is 2.35. The molecule has 1 N–H and O–H groups in total. The molecule has 8 heteroatoms. The van der Waals surface area contributed by atoms with Crippen molar-refractivity contribution in [3.63, 3.8) is 0 Å². The Bertz CT molecular complexity index is 1340. The molecule has 4 heterocycles. The van der Waals surface area contributed by atoms with Gasteiger partial charge in [0.05, 0.1) is 40.3 Å². The number of aromatic nitrogens is 3. The SMILES string of the molecule is O=C(O)c1cn(-c2cccnc2)c2cc(N3Cc4cccnc4C3)c(Cl)cc2c1=O. The number of hydrogen-bond donors (Lipinski definition) is 1. The molecule has 1 aliphatic heterocycles. The summed E-state index contributed by atoms with van der Waals surface area (Å²) in [5.74, 6) is -1.29. The van der Waals surface area contributed by atoms with Crippen LogP contribution in [0.3, 0.4) is 0 Å². The maximum absolute atomic E-state index is 12.8. The van der Waals surface area contributed by atoms with Gasteiger partial charge in [0.2, 0.25) is 5.43 Å². The van der Waals surface area contributed by atoms with Crippen LogP contribution in [-0.4, -0.2) is 25.6 Å². The molecule has 5 rings (SSSR count). The Morgan fingerprint density at radius 3 is 2.70 bits per heavy atom. The van der Waals surface area contributed by atoms with Gasteiger partial charge in [-0.1, -0.05) is 17.7 Å². The van der Waals surface area contributed by atoms with Gasteiger partial charge in [-0.15, -0.1) is 0 Å². The fourth-order valence-electron chi connectivity index (χ4n) is 3.81. The van der Waals surface area contributed by atoms with Crippen LogP contribution in [-0.2, 0) is 13.1 Å². The van der Waals surface area contributed by atoms with Crippen molar-refractivity contribution in [2.45, 2.75) is 13.1 Å². The Kier molecular flexibility index (Phi) is 4.25. The first-order chi connectivity index (χ1) is 14.5. The maximum Gasteiger partial charge on any atom is 0.341 e. The number of nitrogens with zero attached hydrogens (tertiary/aromatic N) is 4. The summed E-state index contributed by atoms with van der Waals surface area (Å²) in [7, 11) is 0. The van der Waals surface area contributed by atoms with E-state index in [4.69, 9.17) is 11.6 Å². The smallest absolute Gasteiger partial charge is 0.341 e. The first-order valence-electron chi connectivity index (χ1n) is 9.23. The average molecular weight is 419 g/mol. The second kappa shape index (κ2) is 6.96. The lowest BCUT2D eigenvalue weighted by atomic mass is 10.1. The number of fused-ring (bicyclic) bond motifs is 2. The summed E-state index contributed by atoms with van der Waals surface area (Å²) >= 11 is 6.56. The Hall–Kier alpha value is -3.71. The minimum Gasteiger partial charge on any atom is -0.477 e. The Labute approximate surface area is 175 Å². The molecule has 4 aromatic rings. The van der Waals surface area contributed by atoms with Gasteiger partial charge in [0.15, 0.2) is 0 Å². The van der Waals surface area contributed by atoms with Crippen molar-refractivity contribution in [1.82, 2.24) is 14.5 Å². The summed E-state index contributed by atoms with van der Waals surface area (Å²) in [4.78, 5) is 35.1. The molecule has 0 spiro atoms. The van der Waals surface area contributed by atoms with E-state index in [0.29, 0.717) is 29.3 Å². The largest absolute Gasteiger partial charge is 0.477 e. The molecule has 0 atom stereocenters. The van der Waals surface area contributed by atoms with Crippen molar-refractivity contribution in [3.05, 3.63) is 93.3 Å². The molecule has 0 saturated heterocycles. The number of pyridine rings is 3. The third-order valence-electron chi connectivity index (χ3n) is 5.25. The lowest BCUT2D eigenvalue weighted by molar-refractivity contribution is 0.0695. The first-order valence-corrected chi connectivity index (χ1v) is 9.61. The summed E-state index contributed by atoms with van der Waals surface area (Å²) in [6.07, 6.45) is 6.34. The van der Waals surface area contributed by atoms with E-state index in [2.05, 4.69) is 14.9 Å². The zero-order chi connectivity index (χ0) is 20.8. The van der Waals surface area contributed by atoms with Gasteiger partial charge in [0.25, 0.3) is 0 Å². The van der Waals surface area contributed by atoms with E-state index >= 15 is 0 Å². The van der Waals surface area contributed by atoms with Crippen molar-refractivity contribution < 1.29 is 9.90 Å². The van der Waals surface area contributed by atoms with E-state index in [1.807, 2.05) is 18.2 Å². The van der Waals surface area contributed by atoms with Gasteiger partial charge < -0.3 is 14.6 Å². The van der Waals surface area contributed by atoms with Gasteiger partial charge in [0.1, 0.15) is 5.56 Å². The van der Waals surface area contributed by atoms with E-state index < -0.39 is 11.4 Å². The molecule has 30 heavy (non-hydrogen) atoms. The predicted molar refractivity (Wildman–Crippen MR) is 113 cm³/mol. The van der Waals surface area contributed by atoms with Crippen LogP contribution in [0.1, 0.15) is 21.6 Å². The molecule has 0 fully saturated rings. The molecular weight excluding hydrogens is 404 g/mol. The molecular formula is C22H15ClN4O3. The lowest BCUT2D eigenvalue weighted by Gasteiger charge is -2.21. The lowest BCUT2D eigenvalue weighted by Crippen LogP contribution is -2.20. The molecule has 1 aliphatic rings. The van der Waals surface area contributed by atoms with E-state index in [1.165, 1.54) is 6.20 Å². The van der Waals surface area contributed by atoms with Crippen LogP contribution in [0.5, 0.6) is 0 Å². The van der Waals surface area contributed by atoms with E-state index in [-0.39, 0.29) is 10.9 Å². The zero-order valence-corrected chi connectivity index (χ0v) is 16.4. The van der Waals surface area contributed by atoms with Gasteiger partial charge in [0, 0.05) is 30.5 Å². The number of hydrogen-bond acceptors (Lipinski definition) is 5. The van der Waals surface area contributed by atoms with E-state index in [9.17, 15) is 14.7 Å². The van der Waals surface area contributed by atoms with Gasteiger partial charge >= 0.3 is 5.97 Å². The molecule has 0 bridgehead atoms. The third-order valence-corrected chi connectivity index (χ3v) is 5.56. The number of carboxylic acid groups (broad SMARTS) is 1. The highest BCUT2D eigenvalue weighted by molar-refractivity contribution is 6.34. The van der Waals surface area contributed by atoms with Crippen molar-refractivity contribution in [3.8, 4) is 5.69 Å². The Morgan fingerprint density at radius 1 is 1.13 bits per heavy atom. The van der Waals surface area contributed by atoms with Crippen LogP contribution < -0.4 is 10.3 Å². The number of benzene rings is 1. The van der Waals surface area contributed by atoms with Crippen LogP contribution in [0.4, 0.5) is 5.69 Å². The summed E-state index contributed by atoms with van der Waals surface area (Å²) in [6.45, 7) is 1.25. The fraction of sp³-hybridized carbons (Fsp3) is 0.0909. The summed E-state index contributed by atoms with van der Waals surface area (Å²) in [5, 5.41) is 10.1. The fourth-order valence-corrected chi connectivity index (χ4v) is 4.09.